The number of hydrogen-bond donors (Lipinski definition) is 0. The fourth-order valence-corrected chi connectivity index (χ4v) is 3.57. The van der Waals surface area contributed by atoms with Crippen molar-refractivity contribution in [3.8, 4) is 5.75 Å². The first-order valence-corrected chi connectivity index (χ1v) is 8.23. The standard InChI is InChI=1S/C14H13Br2ClN2O2/c1-3-19-12(13(17)8(2)18-19)7-21-14-10(15)4-9(6-20)5-11(14)16/h4-6H,3,7H2,1-2H3. The van der Waals surface area contributed by atoms with Gasteiger partial charge in [-0.15, -0.1) is 0 Å². The quantitative estimate of drug-likeness (QED) is 0.634. The second kappa shape index (κ2) is 6.94. The van der Waals surface area contributed by atoms with Gasteiger partial charge in [-0.05, 0) is 57.8 Å². The van der Waals surface area contributed by atoms with Crippen molar-refractivity contribution in [2.75, 3.05) is 0 Å². The van der Waals surface area contributed by atoms with E-state index in [0.29, 0.717) is 31.9 Å². The van der Waals surface area contributed by atoms with Crippen LogP contribution in [0.2, 0.25) is 5.02 Å². The maximum atomic E-state index is 10.8. The molecular weight excluding hydrogens is 423 g/mol. The van der Waals surface area contributed by atoms with Crippen LogP contribution in [0.4, 0.5) is 0 Å². The molecule has 0 bridgehead atoms. The van der Waals surface area contributed by atoms with E-state index >= 15 is 0 Å². The molecule has 112 valence electrons. The molecule has 7 heteroatoms. The molecule has 0 radical (unpaired) electrons. The highest BCUT2D eigenvalue weighted by Gasteiger charge is 2.15. The molecule has 0 saturated heterocycles. The van der Waals surface area contributed by atoms with Crippen molar-refractivity contribution in [2.24, 2.45) is 0 Å². The molecule has 21 heavy (non-hydrogen) atoms. The third-order valence-electron chi connectivity index (χ3n) is 2.96. The van der Waals surface area contributed by atoms with Gasteiger partial charge in [0.25, 0.3) is 0 Å². The van der Waals surface area contributed by atoms with E-state index in [1.165, 1.54) is 0 Å². The number of carbonyl (C=O) groups is 1. The number of benzene rings is 1. The van der Waals surface area contributed by atoms with Gasteiger partial charge < -0.3 is 4.74 Å². The van der Waals surface area contributed by atoms with Crippen molar-refractivity contribution in [2.45, 2.75) is 27.0 Å². The van der Waals surface area contributed by atoms with Gasteiger partial charge in [0.1, 0.15) is 18.6 Å². The van der Waals surface area contributed by atoms with Crippen LogP contribution in [0.15, 0.2) is 21.1 Å². The first-order chi connectivity index (χ1) is 9.97. The van der Waals surface area contributed by atoms with E-state index in [4.69, 9.17) is 16.3 Å². The molecule has 1 heterocycles. The minimum atomic E-state index is 0.297. The van der Waals surface area contributed by atoms with Gasteiger partial charge in [-0.3, -0.25) is 9.48 Å². The van der Waals surface area contributed by atoms with Gasteiger partial charge >= 0.3 is 0 Å². The van der Waals surface area contributed by atoms with E-state index in [1.54, 1.807) is 12.1 Å². The summed E-state index contributed by atoms with van der Waals surface area (Å²) in [6, 6.07) is 3.41. The van der Waals surface area contributed by atoms with Crippen LogP contribution >= 0.6 is 43.5 Å². The Labute approximate surface area is 144 Å². The fourth-order valence-electron chi connectivity index (χ4n) is 1.93. The molecule has 0 aliphatic carbocycles. The smallest absolute Gasteiger partial charge is 0.150 e. The van der Waals surface area contributed by atoms with E-state index in [9.17, 15) is 4.79 Å². The number of ether oxygens (including phenoxy) is 1. The molecule has 0 aliphatic heterocycles. The van der Waals surface area contributed by atoms with Crippen LogP contribution in [0, 0.1) is 6.92 Å². The maximum Gasteiger partial charge on any atom is 0.150 e. The number of hydrogen-bond acceptors (Lipinski definition) is 3. The minimum Gasteiger partial charge on any atom is -0.485 e. The van der Waals surface area contributed by atoms with Gasteiger partial charge in [0.05, 0.1) is 25.4 Å². The Kier molecular flexibility index (Phi) is 5.46. The molecule has 0 spiro atoms. The van der Waals surface area contributed by atoms with E-state index < -0.39 is 0 Å². The Balaban J connectivity index is 2.27. The lowest BCUT2D eigenvalue weighted by molar-refractivity contribution is 0.112. The van der Waals surface area contributed by atoms with E-state index in [2.05, 4.69) is 37.0 Å². The highest BCUT2D eigenvalue weighted by molar-refractivity contribution is 9.11. The summed E-state index contributed by atoms with van der Waals surface area (Å²) in [5.41, 5.74) is 2.18. The molecule has 2 rings (SSSR count). The van der Waals surface area contributed by atoms with E-state index in [0.717, 1.165) is 24.2 Å². The summed E-state index contributed by atoms with van der Waals surface area (Å²) in [6.45, 7) is 4.88. The lowest BCUT2D eigenvalue weighted by Crippen LogP contribution is -2.07. The zero-order valence-corrected chi connectivity index (χ0v) is 15.4. The maximum absolute atomic E-state index is 10.8. The number of halogens is 3. The Morgan fingerprint density at radius 2 is 2.00 bits per heavy atom. The van der Waals surface area contributed by atoms with Gasteiger partial charge in [0.2, 0.25) is 0 Å². The van der Waals surface area contributed by atoms with Crippen molar-refractivity contribution < 1.29 is 9.53 Å². The second-order valence-electron chi connectivity index (χ2n) is 4.38. The number of carbonyl (C=O) groups excluding carboxylic acids is 1. The predicted molar refractivity (Wildman–Crippen MR) is 89.2 cm³/mol. The normalized spacial score (nSPS) is 10.7. The fraction of sp³-hybridized carbons (Fsp3) is 0.286. The predicted octanol–water partition coefficient (Wildman–Crippen LogP) is 4.78. The highest BCUT2D eigenvalue weighted by Crippen LogP contribution is 2.35. The Morgan fingerprint density at radius 3 is 2.52 bits per heavy atom. The number of aromatic nitrogens is 2. The first kappa shape index (κ1) is 16.5. The van der Waals surface area contributed by atoms with Crippen LogP contribution in [0.25, 0.3) is 0 Å². The number of aldehydes is 1. The molecule has 0 unspecified atom stereocenters. The van der Waals surface area contributed by atoms with Crippen molar-refractivity contribution >= 4 is 49.7 Å². The molecule has 0 saturated carbocycles. The third kappa shape index (κ3) is 3.49. The summed E-state index contributed by atoms with van der Waals surface area (Å²) in [5, 5.41) is 4.97. The monoisotopic (exact) mass is 434 g/mol. The average molecular weight is 437 g/mol. The van der Waals surface area contributed by atoms with Gasteiger partial charge in [0.15, 0.2) is 0 Å². The summed E-state index contributed by atoms with van der Waals surface area (Å²) in [5.74, 6) is 0.623. The lowest BCUT2D eigenvalue weighted by Gasteiger charge is -2.12. The summed E-state index contributed by atoms with van der Waals surface area (Å²) < 4.78 is 9.06. The molecule has 0 atom stereocenters. The molecule has 1 aromatic carbocycles. The SMILES string of the molecule is CCn1nc(C)c(Cl)c1COc1c(Br)cc(C=O)cc1Br. The van der Waals surface area contributed by atoms with E-state index in [-0.39, 0.29) is 0 Å². The van der Waals surface area contributed by atoms with Crippen LogP contribution in [0.3, 0.4) is 0 Å². The summed E-state index contributed by atoms with van der Waals surface area (Å²) >= 11 is 13.1. The van der Waals surface area contributed by atoms with Crippen LogP contribution < -0.4 is 4.74 Å². The minimum absolute atomic E-state index is 0.297. The third-order valence-corrected chi connectivity index (χ3v) is 4.63. The summed E-state index contributed by atoms with van der Waals surface area (Å²) in [7, 11) is 0. The molecule has 0 fully saturated rings. The zero-order valence-electron chi connectivity index (χ0n) is 11.5. The summed E-state index contributed by atoms with van der Waals surface area (Å²) in [6.07, 6.45) is 0.783. The van der Waals surface area contributed by atoms with Crippen LogP contribution in [-0.2, 0) is 13.2 Å². The van der Waals surface area contributed by atoms with Gasteiger partial charge in [0, 0.05) is 12.1 Å². The van der Waals surface area contributed by atoms with Crippen molar-refractivity contribution in [1.29, 1.82) is 0 Å². The average Bonchev–Trinajstić information content (AvgIpc) is 2.73. The highest BCUT2D eigenvalue weighted by atomic mass is 79.9. The van der Waals surface area contributed by atoms with Crippen molar-refractivity contribution in [3.63, 3.8) is 0 Å². The topological polar surface area (TPSA) is 44.1 Å². The number of rotatable bonds is 5. The van der Waals surface area contributed by atoms with Crippen LogP contribution in [-0.4, -0.2) is 16.1 Å². The number of nitrogens with zero attached hydrogens (tertiary/aromatic N) is 2. The molecule has 0 aliphatic rings. The van der Waals surface area contributed by atoms with Crippen molar-refractivity contribution in [1.82, 2.24) is 9.78 Å². The van der Waals surface area contributed by atoms with E-state index in [1.807, 2.05) is 18.5 Å². The largest absolute Gasteiger partial charge is 0.485 e. The molecule has 0 N–H and O–H groups in total. The van der Waals surface area contributed by atoms with Crippen molar-refractivity contribution in [3.05, 3.63) is 43.1 Å². The van der Waals surface area contributed by atoms with Crippen LogP contribution in [0.5, 0.6) is 5.75 Å². The molecule has 2 aromatic rings. The second-order valence-corrected chi connectivity index (χ2v) is 6.47. The molecule has 1 aromatic heterocycles. The molecular formula is C14H13Br2ClN2O2. The Morgan fingerprint density at radius 1 is 1.38 bits per heavy atom. The van der Waals surface area contributed by atoms with Gasteiger partial charge in [-0.25, -0.2) is 0 Å². The lowest BCUT2D eigenvalue weighted by atomic mass is 10.2. The van der Waals surface area contributed by atoms with Gasteiger partial charge in [-0.2, -0.15) is 5.10 Å². The zero-order chi connectivity index (χ0) is 15.6. The molecule has 0 amide bonds. The summed E-state index contributed by atoms with van der Waals surface area (Å²) in [4.78, 5) is 10.8. The Bertz CT molecular complexity index is 663. The van der Waals surface area contributed by atoms with Crippen LogP contribution in [0.1, 0.15) is 28.7 Å². The first-order valence-electron chi connectivity index (χ1n) is 6.26. The molecule has 4 nitrogen and oxygen atoms in total. The Hall–Kier alpha value is -0.850. The van der Waals surface area contributed by atoms with Gasteiger partial charge in [-0.1, -0.05) is 11.6 Å². The number of aryl methyl sites for hydroxylation is 2.